The second-order valence-electron chi connectivity index (χ2n) is 5.83. The van der Waals surface area contributed by atoms with E-state index in [9.17, 15) is 4.79 Å². The zero-order valence-corrected chi connectivity index (χ0v) is 10.7. The predicted octanol–water partition coefficient (Wildman–Crippen LogP) is 3.21. The summed E-state index contributed by atoms with van der Waals surface area (Å²) < 4.78 is 0. The van der Waals surface area contributed by atoms with E-state index in [0.29, 0.717) is 17.9 Å². The Balaban J connectivity index is 1.90. The van der Waals surface area contributed by atoms with Crippen LogP contribution in [0.3, 0.4) is 0 Å². The van der Waals surface area contributed by atoms with Crippen molar-refractivity contribution in [3.05, 3.63) is 0 Å². The van der Waals surface area contributed by atoms with Gasteiger partial charge < -0.3 is 4.90 Å². The van der Waals surface area contributed by atoms with Crippen LogP contribution in [0, 0.1) is 11.8 Å². The molecule has 1 aliphatic heterocycles. The van der Waals surface area contributed by atoms with E-state index in [2.05, 4.69) is 18.7 Å². The Kier molecular flexibility index (Phi) is 3.88. The summed E-state index contributed by atoms with van der Waals surface area (Å²) in [6, 6.07) is 0.487. The summed E-state index contributed by atoms with van der Waals surface area (Å²) >= 11 is 0. The SMILES string of the molecule is CC1CCC(C(=O)N2CCCCC2C)CC1. The molecule has 1 saturated carbocycles. The lowest BCUT2D eigenvalue weighted by Crippen LogP contribution is -2.45. The number of likely N-dealkylation sites (tertiary alicyclic amines) is 1. The minimum Gasteiger partial charge on any atom is -0.340 e. The monoisotopic (exact) mass is 223 g/mol. The van der Waals surface area contributed by atoms with Crippen LogP contribution in [0.25, 0.3) is 0 Å². The van der Waals surface area contributed by atoms with Crippen LogP contribution in [-0.4, -0.2) is 23.4 Å². The van der Waals surface area contributed by atoms with E-state index in [1.54, 1.807) is 0 Å². The second kappa shape index (κ2) is 5.20. The number of rotatable bonds is 1. The van der Waals surface area contributed by atoms with Crippen molar-refractivity contribution in [2.75, 3.05) is 6.54 Å². The van der Waals surface area contributed by atoms with Crippen LogP contribution in [-0.2, 0) is 4.79 Å². The van der Waals surface area contributed by atoms with Gasteiger partial charge in [-0.1, -0.05) is 6.92 Å². The summed E-state index contributed by atoms with van der Waals surface area (Å²) in [4.78, 5) is 14.6. The van der Waals surface area contributed by atoms with Crippen molar-refractivity contribution < 1.29 is 4.79 Å². The van der Waals surface area contributed by atoms with E-state index in [0.717, 1.165) is 25.3 Å². The Hall–Kier alpha value is -0.530. The Morgan fingerprint density at radius 3 is 2.31 bits per heavy atom. The second-order valence-corrected chi connectivity index (χ2v) is 5.83. The normalized spacial score (nSPS) is 36.1. The van der Waals surface area contributed by atoms with Crippen LogP contribution >= 0.6 is 0 Å². The van der Waals surface area contributed by atoms with Crippen LogP contribution in [0.5, 0.6) is 0 Å². The first-order valence-electron chi connectivity index (χ1n) is 6.99. The fraction of sp³-hybridized carbons (Fsp3) is 0.929. The molecule has 1 atom stereocenters. The lowest BCUT2D eigenvalue weighted by molar-refractivity contribution is -0.140. The molecule has 2 nitrogen and oxygen atoms in total. The molecule has 16 heavy (non-hydrogen) atoms. The summed E-state index contributed by atoms with van der Waals surface area (Å²) in [6.45, 7) is 5.53. The molecule has 0 aromatic carbocycles. The van der Waals surface area contributed by atoms with Gasteiger partial charge in [-0.15, -0.1) is 0 Å². The summed E-state index contributed by atoms with van der Waals surface area (Å²) in [7, 11) is 0. The van der Waals surface area contributed by atoms with Gasteiger partial charge in [-0.2, -0.15) is 0 Å². The molecule has 92 valence electrons. The quantitative estimate of drug-likeness (QED) is 0.668. The van der Waals surface area contributed by atoms with Crippen molar-refractivity contribution in [3.63, 3.8) is 0 Å². The lowest BCUT2D eigenvalue weighted by Gasteiger charge is -2.37. The molecule has 2 fully saturated rings. The molecule has 1 aliphatic carbocycles. The zero-order valence-electron chi connectivity index (χ0n) is 10.7. The van der Waals surface area contributed by atoms with Gasteiger partial charge in [0.25, 0.3) is 0 Å². The van der Waals surface area contributed by atoms with Crippen molar-refractivity contribution in [1.29, 1.82) is 0 Å². The maximum atomic E-state index is 12.4. The maximum absolute atomic E-state index is 12.4. The van der Waals surface area contributed by atoms with Crippen molar-refractivity contribution in [2.24, 2.45) is 11.8 Å². The summed E-state index contributed by atoms with van der Waals surface area (Å²) in [6.07, 6.45) is 8.46. The number of piperidine rings is 1. The van der Waals surface area contributed by atoms with Crippen LogP contribution in [0.4, 0.5) is 0 Å². The molecule has 0 bridgehead atoms. The first-order chi connectivity index (χ1) is 7.68. The minimum absolute atomic E-state index is 0.344. The highest BCUT2D eigenvalue weighted by Crippen LogP contribution is 2.31. The molecular formula is C14H25NO. The van der Waals surface area contributed by atoms with Gasteiger partial charge in [-0.25, -0.2) is 0 Å². The highest BCUT2D eigenvalue weighted by atomic mass is 16.2. The topological polar surface area (TPSA) is 20.3 Å². The standard InChI is InChI=1S/C14H25NO/c1-11-6-8-13(9-7-11)14(16)15-10-4-3-5-12(15)2/h11-13H,3-10H2,1-2H3. The van der Waals surface area contributed by atoms with E-state index in [-0.39, 0.29) is 0 Å². The predicted molar refractivity (Wildman–Crippen MR) is 66.1 cm³/mol. The van der Waals surface area contributed by atoms with E-state index >= 15 is 0 Å². The smallest absolute Gasteiger partial charge is 0.225 e. The Bertz CT molecular complexity index is 243. The van der Waals surface area contributed by atoms with Crippen LogP contribution in [0.1, 0.15) is 58.8 Å². The van der Waals surface area contributed by atoms with Gasteiger partial charge in [0, 0.05) is 18.5 Å². The number of hydrogen-bond acceptors (Lipinski definition) is 1. The van der Waals surface area contributed by atoms with Crippen LogP contribution in [0.2, 0.25) is 0 Å². The first kappa shape index (κ1) is 11.9. The average molecular weight is 223 g/mol. The number of hydrogen-bond donors (Lipinski definition) is 0. The van der Waals surface area contributed by atoms with Crippen molar-refractivity contribution >= 4 is 5.91 Å². The van der Waals surface area contributed by atoms with Crippen molar-refractivity contribution in [3.8, 4) is 0 Å². The first-order valence-corrected chi connectivity index (χ1v) is 6.99. The number of nitrogens with zero attached hydrogens (tertiary/aromatic N) is 1. The molecule has 0 aromatic heterocycles. The van der Waals surface area contributed by atoms with Crippen LogP contribution in [0.15, 0.2) is 0 Å². The summed E-state index contributed by atoms with van der Waals surface area (Å²) in [5, 5.41) is 0. The zero-order chi connectivity index (χ0) is 11.5. The molecule has 1 saturated heterocycles. The molecule has 0 spiro atoms. The van der Waals surface area contributed by atoms with Gasteiger partial charge >= 0.3 is 0 Å². The Morgan fingerprint density at radius 1 is 1.00 bits per heavy atom. The van der Waals surface area contributed by atoms with Gasteiger partial charge in [-0.05, 0) is 57.8 Å². The number of amides is 1. The molecule has 0 radical (unpaired) electrons. The van der Waals surface area contributed by atoms with Crippen molar-refractivity contribution in [1.82, 2.24) is 4.90 Å². The fourth-order valence-corrected chi connectivity index (χ4v) is 3.17. The maximum Gasteiger partial charge on any atom is 0.225 e. The molecule has 0 N–H and O–H groups in total. The number of carbonyl (C=O) groups excluding carboxylic acids is 1. The molecule has 1 unspecified atom stereocenters. The number of carbonyl (C=O) groups is 1. The highest BCUT2D eigenvalue weighted by Gasteiger charge is 2.31. The average Bonchev–Trinajstić information content (AvgIpc) is 2.30. The van der Waals surface area contributed by atoms with E-state index in [1.165, 1.54) is 32.1 Å². The van der Waals surface area contributed by atoms with E-state index < -0.39 is 0 Å². The fourth-order valence-electron chi connectivity index (χ4n) is 3.17. The van der Waals surface area contributed by atoms with Gasteiger partial charge in [0.05, 0.1) is 0 Å². The van der Waals surface area contributed by atoms with E-state index in [4.69, 9.17) is 0 Å². The van der Waals surface area contributed by atoms with Crippen molar-refractivity contribution in [2.45, 2.75) is 64.8 Å². The Labute approximate surface area is 99.4 Å². The highest BCUT2D eigenvalue weighted by molar-refractivity contribution is 5.79. The largest absolute Gasteiger partial charge is 0.340 e. The van der Waals surface area contributed by atoms with Gasteiger partial charge in [0.2, 0.25) is 5.91 Å². The minimum atomic E-state index is 0.344. The molecule has 1 amide bonds. The van der Waals surface area contributed by atoms with Crippen LogP contribution < -0.4 is 0 Å². The third-order valence-electron chi connectivity index (χ3n) is 4.45. The van der Waals surface area contributed by atoms with Gasteiger partial charge in [0.1, 0.15) is 0 Å². The van der Waals surface area contributed by atoms with Gasteiger partial charge in [-0.3, -0.25) is 4.79 Å². The van der Waals surface area contributed by atoms with E-state index in [1.807, 2.05) is 0 Å². The van der Waals surface area contributed by atoms with Gasteiger partial charge in [0.15, 0.2) is 0 Å². The molecular weight excluding hydrogens is 198 g/mol. The third-order valence-corrected chi connectivity index (χ3v) is 4.45. The lowest BCUT2D eigenvalue weighted by atomic mass is 9.82. The summed E-state index contributed by atoms with van der Waals surface area (Å²) in [5.74, 6) is 1.64. The third kappa shape index (κ3) is 2.58. The molecule has 2 rings (SSSR count). The Morgan fingerprint density at radius 2 is 1.69 bits per heavy atom. The molecule has 2 heteroatoms. The summed E-state index contributed by atoms with van der Waals surface area (Å²) in [5.41, 5.74) is 0. The molecule has 1 heterocycles. The molecule has 2 aliphatic rings. The molecule has 0 aromatic rings.